The lowest BCUT2D eigenvalue weighted by Gasteiger charge is -1.96. The molecule has 19 heavy (non-hydrogen) atoms. The van der Waals surface area contributed by atoms with E-state index >= 15 is 0 Å². The fourth-order valence-electron chi connectivity index (χ4n) is 1.54. The summed E-state index contributed by atoms with van der Waals surface area (Å²) >= 11 is 1.26. The van der Waals surface area contributed by atoms with E-state index in [4.69, 9.17) is 9.63 Å². The number of benzene rings is 1. The first-order valence-electron chi connectivity index (χ1n) is 5.24. The predicted molar refractivity (Wildman–Crippen MR) is 66.3 cm³/mol. The van der Waals surface area contributed by atoms with Gasteiger partial charge in [-0.2, -0.15) is 4.98 Å². The van der Waals surface area contributed by atoms with Gasteiger partial charge in [-0.05, 0) is 29.6 Å². The topological polar surface area (TPSA) is 79.4 Å². The first kappa shape index (κ1) is 11.7. The average molecular weight is 278 g/mol. The normalized spacial score (nSPS) is 10.8. The van der Waals surface area contributed by atoms with Crippen LogP contribution in [0.25, 0.3) is 22.2 Å². The Hall–Kier alpha value is -2.41. The zero-order valence-electron chi connectivity index (χ0n) is 9.37. The van der Waals surface area contributed by atoms with Crippen LogP contribution in [-0.4, -0.2) is 20.4 Å². The molecule has 0 atom stereocenters. The summed E-state index contributed by atoms with van der Waals surface area (Å²) in [6.45, 7) is 0. The Balaban J connectivity index is 2.01. The number of aromatic nitrogens is 2. The Bertz CT molecular complexity index is 738. The minimum atomic E-state index is -0.761. The van der Waals surface area contributed by atoms with Gasteiger partial charge in [0.2, 0.25) is 5.82 Å². The van der Waals surface area contributed by atoms with Gasteiger partial charge in [0.05, 0.1) is 0 Å². The van der Waals surface area contributed by atoms with Crippen LogP contribution in [0.2, 0.25) is 0 Å². The molecule has 96 valence electrons. The van der Waals surface area contributed by atoms with Crippen LogP contribution in [0.3, 0.4) is 0 Å². The highest BCUT2D eigenvalue weighted by molar-refractivity contribution is 7.13. The molecule has 0 aliphatic heterocycles. The Morgan fingerprint density at radius 2 is 2.00 bits per heavy atom. The molecule has 0 amide bonds. The summed E-state index contributed by atoms with van der Waals surface area (Å²) in [5.74, 6) is -0.805. The summed E-state index contributed by atoms with van der Waals surface area (Å²) in [5, 5.41) is 24.1. The number of hydrogen-bond donors (Lipinski definition) is 2. The van der Waals surface area contributed by atoms with Gasteiger partial charge in [-0.3, -0.25) is 0 Å². The molecule has 2 N–H and O–H groups in total. The number of phenolic OH excluding ortho intramolecular Hbond substituents is 1. The fraction of sp³-hybridized carbons (Fsp3) is 0. The number of hydrogen-bond acceptors (Lipinski definition) is 6. The molecule has 7 heteroatoms. The van der Waals surface area contributed by atoms with Gasteiger partial charge in [-0.15, -0.1) is 11.3 Å². The van der Waals surface area contributed by atoms with Crippen molar-refractivity contribution >= 4 is 11.3 Å². The van der Waals surface area contributed by atoms with Crippen LogP contribution in [0.4, 0.5) is 4.39 Å². The summed E-state index contributed by atoms with van der Waals surface area (Å²) in [7, 11) is 0. The van der Waals surface area contributed by atoms with Crippen molar-refractivity contribution in [3.05, 3.63) is 35.5 Å². The van der Waals surface area contributed by atoms with Gasteiger partial charge in [0, 0.05) is 5.56 Å². The molecule has 0 unspecified atom stereocenters. The molecule has 2 heterocycles. The standard InChI is InChI=1S/C12H7FN2O3S/c13-7-5-6(1-2-8(7)16)11-14-12(18-15-11)10-9(17)3-4-19-10/h1-5,16-17H. The minimum Gasteiger partial charge on any atom is -0.506 e. The molecule has 0 aliphatic carbocycles. The molecular formula is C12H7FN2O3S. The maximum absolute atomic E-state index is 13.2. The molecular weight excluding hydrogens is 271 g/mol. The zero-order valence-corrected chi connectivity index (χ0v) is 10.2. The highest BCUT2D eigenvalue weighted by Gasteiger charge is 2.16. The third-order valence-corrected chi connectivity index (χ3v) is 3.36. The third kappa shape index (κ3) is 2.04. The largest absolute Gasteiger partial charge is 0.506 e. The van der Waals surface area contributed by atoms with E-state index in [1.165, 1.54) is 29.5 Å². The van der Waals surface area contributed by atoms with Crippen LogP contribution >= 0.6 is 11.3 Å². The van der Waals surface area contributed by atoms with Crippen molar-refractivity contribution in [2.45, 2.75) is 0 Å². The first-order valence-corrected chi connectivity index (χ1v) is 6.12. The molecule has 2 aromatic heterocycles. The van der Waals surface area contributed by atoms with Gasteiger partial charge >= 0.3 is 0 Å². The molecule has 3 rings (SSSR count). The second-order valence-electron chi connectivity index (χ2n) is 3.72. The van der Waals surface area contributed by atoms with Crippen molar-refractivity contribution in [3.63, 3.8) is 0 Å². The van der Waals surface area contributed by atoms with Crippen LogP contribution in [0.1, 0.15) is 0 Å². The van der Waals surface area contributed by atoms with Crippen LogP contribution in [0, 0.1) is 5.82 Å². The lowest BCUT2D eigenvalue weighted by atomic mass is 10.2. The molecule has 3 aromatic rings. The van der Waals surface area contributed by atoms with Crippen molar-refractivity contribution in [1.82, 2.24) is 10.1 Å². The third-order valence-electron chi connectivity index (χ3n) is 2.47. The number of halogens is 1. The van der Waals surface area contributed by atoms with Gasteiger partial charge in [0.1, 0.15) is 10.6 Å². The number of nitrogens with zero attached hydrogens (tertiary/aromatic N) is 2. The second-order valence-corrected chi connectivity index (χ2v) is 4.64. The van der Waals surface area contributed by atoms with E-state index in [1.807, 2.05) is 0 Å². The lowest BCUT2D eigenvalue weighted by Crippen LogP contribution is -1.83. The molecule has 0 aliphatic rings. The first-order chi connectivity index (χ1) is 9.15. The number of thiophene rings is 1. The summed E-state index contributed by atoms with van der Waals surface area (Å²) in [6.07, 6.45) is 0. The van der Waals surface area contributed by atoms with Gasteiger partial charge in [-0.25, -0.2) is 4.39 Å². The zero-order chi connectivity index (χ0) is 13.4. The van der Waals surface area contributed by atoms with Gasteiger partial charge in [0.25, 0.3) is 5.89 Å². The Labute approximate surface area is 110 Å². The van der Waals surface area contributed by atoms with Crippen molar-refractivity contribution in [1.29, 1.82) is 0 Å². The van der Waals surface area contributed by atoms with Crippen LogP contribution in [-0.2, 0) is 0 Å². The van der Waals surface area contributed by atoms with Crippen LogP contribution in [0.5, 0.6) is 11.5 Å². The molecule has 0 bridgehead atoms. The Morgan fingerprint density at radius 1 is 1.16 bits per heavy atom. The van der Waals surface area contributed by atoms with E-state index in [1.54, 1.807) is 5.38 Å². The summed E-state index contributed by atoms with van der Waals surface area (Å²) in [5.41, 5.74) is 0.376. The average Bonchev–Trinajstić information content (AvgIpc) is 3.01. The van der Waals surface area contributed by atoms with E-state index in [0.29, 0.717) is 10.4 Å². The highest BCUT2D eigenvalue weighted by Crippen LogP contribution is 2.34. The van der Waals surface area contributed by atoms with Crippen molar-refractivity contribution in [2.75, 3.05) is 0 Å². The smallest absolute Gasteiger partial charge is 0.272 e. The number of rotatable bonds is 2. The van der Waals surface area contributed by atoms with E-state index < -0.39 is 11.6 Å². The predicted octanol–water partition coefficient (Wildman–Crippen LogP) is 3.02. The maximum Gasteiger partial charge on any atom is 0.272 e. The van der Waals surface area contributed by atoms with E-state index in [9.17, 15) is 9.50 Å². The van der Waals surface area contributed by atoms with Gasteiger partial charge in [-0.1, -0.05) is 5.16 Å². The molecule has 0 saturated carbocycles. The van der Waals surface area contributed by atoms with E-state index in [2.05, 4.69) is 10.1 Å². The Kier molecular flexibility index (Phi) is 2.68. The van der Waals surface area contributed by atoms with Crippen molar-refractivity contribution < 1.29 is 19.1 Å². The van der Waals surface area contributed by atoms with Gasteiger partial charge in [0.15, 0.2) is 11.6 Å². The minimum absolute atomic E-state index is 0.0529. The molecule has 0 fully saturated rings. The van der Waals surface area contributed by atoms with Crippen molar-refractivity contribution in [2.24, 2.45) is 0 Å². The van der Waals surface area contributed by atoms with Gasteiger partial charge < -0.3 is 14.7 Å². The summed E-state index contributed by atoms with van der Waals surface area (Å²) in [4.78, 5) is 4.54. The lowest BCUT2D eigenvalue weighted by molar-refractivity contribution is 0.426. The molecule has 1 aromatic carbocycles. The maximum atomic E-state index is 13.2. The molecule has 5 nitrogen and oxygen atoms in total. The van der Waals surface area contributed by atoms with E-state index in [0.717, 1.165) is 6.07 Å². The molecule has 0 radical (unpaired) electrons. The highest BCUT2D eigenvalue weighted by atomic mass is 32.1. The van der Waals surface area contributed by atoms with Crippen molar-refractivity contribution in [3.8, 4) is 33.7 Å². The second kappa shape index (κ2) is 4.36. The van der Waals surface area contributed by atoms with Crippen LogP contribution in [0.15, 0.2) is 34.2 Å². The van der Waals surface area contributed by atoms with E-state index in [-0.39, 0.29) is 17.5 Å². The fourth-order valence-corrected chi connectivity index (χ4v) is 2.25. The SMILES string of the molecule is Oc1ccc(-c2noc(-c3sccc3O)n2)cc1F. The number of aromatic hydroxyl groups is 2. The monoisotopic (exact) mass is 278 g/mol. The molecule has 0 spiro atoms. The van der Waals surface area contributed by atoms with Crippen LogP contribution < -0.4 is 0 Å². The summed E-state index contributed by atoms with van der Waals surface area (Å²) in [6, 6.07) is 5.31. The molecule has 0 saturated heterocycles. The number of phenols is 1. The quantitative estimate of drug-likeness (QED) is 0.753. The summed E-state index contributed by atoms with van der Waals surface area (Å²) < 4.78 is 18.3. The Morgan fingerprint density at radius 3 is 2.68 bits per heavy atom.